The molecule has 1 aliphatic rings. The van der Waals surface area contributed by atoms with Gasteiger partial charge in [-0.25, -0.2) is 9.59 Å². The summed E-state index contributed by atoms with van der Waals surface area (Å²) in [6, 6.07) is -0.0620. The van der Waals surface area contributed by atoms with E-state index in [9.17, 15) is 14.4 Å². The van der Waals surface area contributed by atoms with Crippen LogP contribution in [0.2, 0.25) is 0 Å². The maximum absolute atomic E-state index is 12.9. The lowest BCUT2D eigenvalue weighted by Gasteiger charge is -2.31. The van der Waals surface area contributed by atoms with E-state index in [1.54, 1.807) is 10.8 Å². The molecule has 0 aromatic rings. The van der Waals surface area contributed by atoms with Crippen molar-refractivity contribution in [3.8, 4) is 0 Å². The number of carbonyl (C=O) groups excluding carboxylic acids is 3. The zero-order chi connectivity index (χ0) is 22.2. The number of hydrogen-bond donors (Lipinski definition) is 1. The van der Waals surface area contributed by atoms with Gasteiger partial charge in [0, 0.05) is 32.0 Å². The Kier molecular flexibility index (Phi) is 13.6. The van der Waals surface area contributed by atoms with E-state index in [1.807, 2.05) is 7.05 Å². The van der Waals surface area contributed by atoms with Crippen LogP contribution in [0.25, 0.3) is 0 Å². The molecule has 0 aromatic carbocycles. The molecule has 1 saturated heterocycles. The van der Waals surface area contributed by atoms with Crippen molar-refractivity contribution < 1.29 is 23.9 Å². The van der Waals surface area contributed by atoms with E-state index in [0.29, 0.717) is 44.7 Å². The van der Waals surface area contributed by atoms with Crippen molar-refractivity contribution in [3.63, 3.8) is 0 Å². The van der Waals surface area contributed by atoms with Crippen molar-refractivity contribution in [2.24, 2.45) is 5.92 Å². The molecule has 1 rings (SSSR count). The molecule has 3 atom stereocenters. The van der Waals surface area contributed by atoms with Crippen molar-refractivity contribution >= 4 is 18.3 Å². The van der Waals surface area contributed by atoms with Crippen molar-refractivity contribution in [1.82, 2.24) is 10.2 Å². The molecule has 1 N–H and O–H groups in total. The summed E-state index contributed by atoms with van der Waals surface area (Å²) >= 11 is 0. The number of allylic oxidation sites excluding steroid dienone is 2. The molecule has 1 heterocycles. The zero-order valence-electron chi connectivity index (χ0n) is 18.6. The van der Waals surface area contributed by atoms with Crippen molar-refractivity contribution in [2.45, 2.75) is 76.9 Å². The third-order valence-electron chi connectivity index (χ3n) is 5.38. The van der Waals surface area contributed by atoms with Gasteiger partial charge in [0.05, 0.1) is 11.8 Å². The second-order valence-corrected chi connectivity index (χ2v) is 7.93. The first-order valence-electron chi connectivity index (χ1n) is 11.1. The first-order chi connectivity index (χ1) is 14.5. The maximum atomic E-state index is 12.9. The van der Waals surface area contributed by atoms with Crippen LogP contribution in [0.15, 0.2) is 18.4 Å². The zero-order valence-corrected chi connectivity index (χ0v) is 18.6. The Hall–Kier alpha value is -2.11. The van der Waals surface area contributed by atoms with E-state index in [1.165, 1.54) is 6.08 Å². The largest absolute Gasteiger partial charge is 0.496 e. The molecule has 0 radical (unpaired) electrons. The first kappa shape index (κ1) is 25.9. The average molecular weight is 423 g/mol. The highest BCUT2D eigenvalue weighted by atomic mass is 16.6. The molecule has 170 valence electrons. The summed E-state index contributed by atoms with van der Waals surface area (Å²) in [5.41, 5.74) is 0. The van der Waals surface area contributed by atoms with Crippen LogP contribution in [-0.4, -0.2) is 62.1 Å². The summed E-state index contributed by atoms with van der Waals surface area (Å²) in [7, 11) is 1.85. The molecule has 0 bridgehead atoms. The van der Waals surface area contributed by atoms with Crippen LogP contribution in [0.5, 0.6) is 0 Å². The Morgan fingerprint density at radius 1 is 1.33 bits per heavy atom. The summed E-state index contributed by atoms with van der Waals surface area (Å²) in [5, 5.41) is 3.08. The molecule has 1 aliphatic heterocycles. The smallest absolute Gasteiger partial charge is 0.410 e. The van der Waals surface area contributed by atoms with Crippen LogP contribution >= 0.6 is 0 Å². The highest BCUT2D eigenvalue weighted by Gasteiger charge is 2.29. The summed E-state index contributed by atoms with van der Waals surface area (Å²) in [4.78, 5) is 36.0. The summed E-state index contributed by atoms with van der Waals surface area (Å²) in [6.45, 7) is 7.70. The van der Waals surface area contributed by atoms with Gasteiger partial charge in [-0.05, 0) is 38.6 Å². The van der Waals surface area contributed by atoms with E-state index < -0.39 is 0 Å². The Balaban J connectivity index is 2.66. The first-order valence-corrected chi connectivity index (χ1v) is 11.1. The number of nitrogens with zero attached hydrogens (tertiary/aromatic N) is 1. The predicted octanol–water partition coefficient (Wildman–Crippen LogP) is 3.66. The summed E-state index contributed by atoms with van der Waals surface area (Å²) in [6.07, 6.45) is 8.83. The van der Waals surface area contributed by atoms with E-state index in [-0.39, 0.29) is 24.2 Å². The second-order valence-electron chi connectivity index (χ2n) is 7.93. The number of ether oxygens (including phenoxy) is 2. The number of amides is 1. The third kappa shape index (κ3) is 10.1. The van der Waals surface area contributed by atoms with E-state index in [4.69, 9.17) is 9.47 Å². The number of nitrogens with one attached hydrogen (secondary N) is 1. The standard InChI is InChI=1S/C23H38N2O5/c1-4-9-22(17-24-3)30-23(28)25-13-7-5-6-11-21(25)18-29-19(2)16-20(12-15-27)10-8-14-26/h8,15,20-22,24H,2,4-7,9-13,16-18H2,1,3H3. The van der Waals surface area contributed by atoms with E-state index >= 15 is 0 Å². The Labute approximate surface area is 180 Å². The molecule has 7 heteroatoms. The van der Waals surface area contributed by atoms with Crippen molar-refractivity contribution in [1.29, 1.82) is 0 Å². The van der Waals surface area contributed by atoms with Crippen LogP contribution in [0.4, 0.5) is 4.79 Å². The lowest BCUT2D eigenvalue weighted by atomic mass is 9.97. The van der Waals surface area contributed by atoms with Gasteiger partial charge >= 0.3 is 6.09 Å². The van der Waals surface area contributed by atoms with E-state index in [2.05, 4.69) is 18.8 Å². The van der Waals surface area contributed by atoms with E-state index in [0.717, 1.165) is 44.8 Å². The lowest BCUT2D eigenvalue weighted by Crippen LogP contribution is -2.45. The SMILES string of the molecule is C=C(CC(CC=O)CC=C=O)OCC1CCCCCN1C(=O)OC(CCC)CNC. The number of rotatable bonds is 14. The highest BCUT2D eigenvalue weighted by molar-refractivity contribution is 5.68. The van der Waals surface area contributed by atoms with Gasteiger partial charge in [-0.3, -0.25) is 0 Å². The van der Waals surface area contributed by atoms with Gasteiger partial charge in [-0.15, -0.1) is 0 Å². The monoisotopic (exact) mass is 422 g/mol. The van der Waals surface area contributed by atoms with Crippen LogP contribution in [0, 0.1) is 5.92 Å². The molecular weight excluding hydrogens is 384 g/mol. The van der Waals surface area contributed by atoms with Gasteiger partial charge in [-0.1, -0.05) is 32.8 Å². The molecule has 3 unspecified atom stereocenters. The third-order valence-corrected chi connectivity index (χ3v) is 5.38. The van der Waals surface area contributed by atoms with Crippen LogP contribution in [-0.2, 0) is 19.1 Å². The van der Waals surface area contributed by atoms with Gasteiger partial charge < -0.3 is 24.5 Å². The predicted molar refractivity (Wildman–Crippen MR) is 117 cm³/mol. The van der Waals surface area contributed by atoms with Crippen LogP contribution in [0.3, 0.4) is 0 Å². The lowest BCUT2D eigenvalue weighted by molar-refractivity contribution is -0.108. The van der Waals surface area contributed by atoms with Gasteiger partial charge in [0.25, 0.3) is 0 Å². The number of carbonyl (C=O) groups is 2. The maximum Gasteiger partial charge on any atom is 0.410 e. The fourth-order valence-corrected chi connectivity index (χ4v) is 3.76. The van der Waals surface area contributed by atoms with Gasteiger partial charge in [0.1, 0.15) is 24.9 Å². The molecular formula is C23H38N2O5. The second kappa shape index (κ2) is 15.7. The Morgan fingerprint density at radius 2 is 2.13 bits per heavy atom. The number of aldehydes is 1. The number of likely N-dealkylation sites (N-methyl/N-ethyl adjacent to an activating group) is 1. The minimum atomic E-state index is -0.278. The summed E-state index contributed by atoms with van der Waals surface area (Å²) < 4.78 is 11.7. The highest BCUT2D eigenvalue weighted by Crippen LogP contribution is 2.22. The van der Waals surface area contributed by atoms with Crippen LogP contribution < -0.4 is 5.32 Å². The average Bonchev–Trinajstić information content (AvgIpc) is 2.96. The van der Waals surface area contributed by atoms with Crippen LogP contribution in [0.1, 0.15) is 64.7 Å². The molecule has 1 amide bonds. The number of likely N-dealkylation sites (tertiary alicyclic amines) is 1. The Bertz CT molecular complexity index is 568. The molecule has 0 aliphatic carbocycles. The fourth-order valence-electron chi connectivity index (χ4n) is 3.76. The summed E-state index contributed by atoms with van der Waals surface area (Å²) in [5.74, 6) is 2.29. The van der Waals surface area contributed by atoms with Crippen molar-refractivity contribution in [2.75, 3.05) is 26.7 Å². The molecule has 0 spiro atoms. The normalized spacial score (nSPS) is 18.5. The minimum absolute atomic E-state index is 0.0250. The molecule has 0 aromatic heterocycles. The molecule has 1 fully saturated rings. The number of hydrogen-bond acceptors (Lipinski definition) is 6. The fraction of sp³-hybridized carbons (Fsp3) is 0.739. The molecule has 7 nitrogen and oxygen atoms in total. The van der Waals surface area contributed by atoms with Gasteiger partial charge in [-0.2, -0.15) is 0 Å². The topological polar surface area (TPSA) is 84.9 Å². The van der Waals surface area contributed by atoms with Gasteiger partial charge in [0.2, 0.25) is 0 Å². The van der Waals surface area contributed by atoms with Gasteiger partial charge in [0.15, 0.2) is 0 Å². The minimum Gasteiger partial charge on any atom is -0.496 e. The quantitative estimate of drug-likeness (QED) is 0.261. The molecule has 30 heavy (non-hydrogen) atoms. The molecule has 0 saturated carbocycles. The Morgan fingerprint density at radius 3 is 2.80 bits per heavy atom. The van der Waals surface area contributed by atoms with Crippen molar-refractivity contribution in [3.05, 3.63) is 18.4 Å².